The molecular weight excluding hydrogens is 199 g/mol. The van der Waals surface area contributed by atoms with Crippen molar-refractivity contribution in [2.75, 3.05) is 5.73 Å². The Bertz CT molecular complexity index is 359. The smallest absolute Gasteiger partial charge is 0.151 e. The first-order valence-electron chi connectivity index (χ1n) is 2.92. The summed E-state index contributed by atoms with van der Waals surface area (Å²) >= 11 is 0. The number of halogens is 2. The van der Waals surface area contributed by atoms with Gasteiger partial charge in [0.05, 0.1) is 0 Å². The van der Waals surface area contributed by atoms with Crippen molar-refractivity contribution in [3.63, 3.8) is 0 Å². The second kappa shape index (κ2) is 4.13. The molecule has 0 saturated heterocycles. The van der Waals surface area contributed by atoms with E-state index >= 15 is 0 Å². The molecule has 2 rings (SSSR count). The zero-order valence-electron chi connectivity index (χ0n) is 6.04. The maximum absolute atomic E-state index is 5.53. The predicted octanol–water partition coefficient (Wildman–Crippen LogP) is 1.16. The Morgan fingerprint density at radius 2 is 2.08 bits per heavy atom. The van der Waals surface area contributed by atoms with E-state index in [2.05, 4.69) is 10.1 Å². The molecule has 0 aliphatic heterocycles. The van der Waals surface area contributed by atoms with E-state index in [0.717, 1.165) is 5.52 Å². The highest BCUT2D eigenvalue weighted by molar-refractivity contribution is 5.85. The number of hydrogen-bond acceptors (Lipinski definition) is 3. The number of anilines is 1. The summed E-state index contributed by atoms with van der Waals surface area (Å²) in [5, 5.41) is 3.93. The van der Waals surface area contributed by atoms with Gasteiger partial charge < -0.3 is 5.73 Å². The summed E-state index contributed by atoms with van der Waals surface area (Å²) in [5.41, 5.74) is 6.38. The Balaban J connectivity index is 0.000000605. The fourth-order valence-corrected chi connectivity index (χ4v) is 0.886. The van der Waals surface area contributed by atoms with Crippen LogP contribution in [0.2, 0.25) is 0 Å². The monoisotopic (exact) mass is 206 g/mol. The average molecular weight is 207 g/mol. The number of hydrogen-bond donors (Lipinski definition) is 1. The van der Waals surface area contributed by atoms with E-state index in [1.807, 2.05) is 18.3 Å². The quantitative estimate of drug-likeness (QED) is 0.704. The molecule has 66 valence electrons. The van der Waals surface area contributed by atoms with Gasteiger partial charge in [0.15, 0.2) is 5.82 Å². The van der Waals surface area contributed by atoms with E-state index in [0.29, 0.717) is 5.82 Å². The SMILES string of the molecule is Cl.Cl.Nc1ncnn2cccc12. The van der Waals surface area contributed by atoms with Crippen LogP contribution in [0.15, 0.2) is 24.7 Å². The molecule has 0 radical (unpaired) electrons. The van der Waals surface area contributed by atoms with Crippen LogP contribution in [-0.4, -0.2) is 14.6 Å². The van der Waals surface area contributed by atoms with Gasteiger partial charge in [-0.05, 0) is 12.1 Å². The molecule has 2 N–H and O–H groups in total. The normalized spacial score (nSPS) is 8.67. The van der Waals surface area contributed by atoms with E-state index in [1.54, 1.807) is 4.52 Å². The molecule has 2 aromatic rings. The lowest BCUT2D eigenvalue weighted by Gasteiger charge is -1.93. The maximum Gasteiger partial charge on any atom is 0.151 e. The Kier molecular flexibility index (Phi) is 3.79. The number of nitrogen functional groups attached to an aromatic ring is 1. The summed E-state index contributed by atoms with van der Waals surface area (Å²) in [4.78, 5) is 3.83. The van der Waals surface area contributed by atoms with Crippen molar-refractivity contribution in [2.24, 2.45) is 0 Å². The summed E-state index contributed by atoms with van der Waals surface area (Å²) in [5.74, 6) is 0.514. The van der Waals surface area contributed by atoms with Crippen molar-refractivity contribution in [3.05, 3.63) is 24.7 Å². The van der Waals surface area contributed by atoms with Crippen LogP contribution in [0, 0.1) is 0 Å². The lowest BCUT2D eigenvalue weighted by atomic mass is 10.5. The zero-order chi connectivity index (χ0) is 6.97. The number of aromatic nitrogens is 3. The summed E-state index contributed by atoms with van der Waals surface area (Å²) in [6.07, 6.45) is 3.26. The van der Waals surface area contributed by atoms with Gasteiger partial charge in [-0.15, -0.1) is 24.8 Å². The average Bonchev–Trinajstić information content (AvgIpc) is 2.36. The molecule has 4 nitrogen and oxygen atoms in total. The summed E-state index contributed by atoms with van der Waals surface area (Å²) < 4.78 is 1.68. The van der Waals surface area contributed by atoms with E-state index in [1.165, 1.54) is 6.33 Å². The van der Waals surface area contributed by atoms with Crippen LogP contribution in [0.3, 0.4) is 0 Å². The highest BCUT2D eigenvalue weighted by atomic mass is 35.5. The van der Waals surface area contributed by atoms with Crippen molar-refractivity contribution in [1.29, 1.82) is 0 Å². The Morgan fingerprint density at radius 3 is 2.75 bits per heavy atom. The minimum Gasteiger partial charge on any atom is -0.382 e. The number of nitrogens with two attached hydrogens (primary N) is 1. The molecule has 0 amide bonds. The molecule has 12 heavy (non-hydrogen) atoms. The molecule has 6 heteroatoms. The highest BCUT2D eigenvalue weighted by Crippen LogP contribution is 2.06. The number of rotatable bonds is 0. The van der Waals surface area contributed by atoms with Crippen LogP contribution in [-0.2, 0) is 0 Å². The molecule has 0 aliphatic carbocycles. The largest absolute Gasteiger partial charge is 0.382 e. The fraction of sp³-hybridized carbons (Fsp3) is 0. The maximum atomic E-state index is 5.53. The van der Waals surface area contributed by atoms with Crippen LogP contribution in [0.5, 0.6) is 0 Å². The molecule has 2 aromatic heterocycles. The van der Waals surface area contributed by atoms with Gasteiger partial charge in [0.25, 0.3) is 0 Å². The molecule has 0 fully saturated rings. The van der Waals surface area contributed by atoms with Crippen molar-refractivity contribution < 1.29 is 0 Å². The highest BCUT2D eigenvalue weighted by Gasteiger charge is 1.95. The first-order chi connectivity index (χ1) is 4.88. The van der Waals surface area contributed by atoms with Crippen LogP contribution >= 0.6 is 24.8 Å². The van der Waals surface area contributed by atoms with Gasteiger partial charge in [-0.1, -0.05) is 0 Å². The molecule has 0 spiro atoms. The Labute approximate surface area is 81.6 Å². The van der Waals surface area contributed by atoms with E-state index < -0.39 is 0 Å². The van der Waals surface area contributed by atoms with E-state index in [-0.39, 0.29) is 24.8 Å². The number of nitrogens with zero attached hydrogens (tertiary/aromatic N) is 3. The molecule has 0 saturated carbocycles. The Hall–Kier alpha value is -1.00. The second-order valence-electron chi connectivity index (χ2n) is 1.98. The van der Waals surface area contributed by atoms with Crippen LogP contribution < -0.4 is 5.73 Å². The molecule has 0 aromatic carbocycles. The topological polar surface area (TPSA) is 56.2 Å². The third kappa shape index (κ3) is 1.60. The van der Waals surface area contributed by atoms with Crippen molar-refractivity contribution in [3.8, 4) is 0 Å². The van der Waals surface area contributed by atoms with Crippen LogP contribution in [0.25, 0.3) is 5.52 Å². The van der Waals surface area contributed by atoms with E-state index in [4.69, 9.17) is 5.73 Å². The van der Waals surface area contributed by atoms with Gasteiger partial charge in [0.1, 0.15) is 11.8 Å². The molecule has 0 bridgehead atoms. The third-order valence-corrected chi connectivity index (χ3v) is 1.36. The van der Waals surface area contributed by atoms with Gasteiger partial charge in [0, 0.05) is 6.20 Å². The molecule has 0 atom stereocenters. The first kappa shape index (κ1) is 11.0. The summed E-state index contributed by atoms with van der Waals surface area (Å²) in [7, 11) is 0. The van der Waals surface area contributed by atoms with Gasteiger partial charge in [-0.3, -0.25) is 0 Å². The van der Waals surface area contributed by atoms with Gasteiger partial charge in [-0.25, -0.2) is 9.50 Å². The van der Waals surface area contributed by atoms with Crippen LogP contribution in [0.4, 0.5) is 5.82 Å². The van der Waals surface area contributed by atoms with E-state index in [9.17, 15) is 0 Å². The minimum atomic E-state index is 0. The lowest BCUT2D eigenvalue weighted by Crippen LogP contribution is -1.96. The third-order valence-electron chi connectivity index (χ3n) is 1.36. The zero-order valence-corrected chi connectivity index (χ0v) is 7.68. The molecule has 0 aliphatic rings. The van der Waals surface area contributed by atoms with Gasteiger partial charge in [0.2, 0.25) is 0 Å². The standard InChI is InChI=1S/C6H6N4.2ClH/c7-6-5-2-1-3-10(5)9-4-8-6;;/h1-4H,(H2,7,8,9);2*1H. The van der Waals surface area contributed by atoms with Crippen molar-refractivity contribution in [2.45, 2.75) is 0 Å². The summed E-state index contributed by atoms with van der Waals surface area (Å²) in [6.45, 7) is 0. The van der Waals surface area contributed by atoms with Gasteiger partial charge in [-0.2, -0.15) is 5.10 Å². The number of fused-ring (bicyclic) bond motifs is 1. The lowest BCUT2D eigenvalue weighted by molar-refractivity contribution is 0.908. The molecule has 2 heterocycles. The van der Waals surface area contributed by atoms with Crippen molar-refractivity contribution in [1.82, 2.24) is 14.6 Å². The second-order valence-corrected chi connectivity index (χ2v) is 1.98. The molecular formula is C6H8Cl2N4. The van der Waals surface area contributed by atoms with Crippen molar-refractivity contribution >= 4 is 36.1 Å². The Morgan fingerprint density at radius 1 is 1.33 bits per heavy atom. The molecule has 0 unspecified atom stereocenters. The summed E-state index contributed by atoms with van der Waals surface area (Å²) in [6, 6.07) is 3.75. The van der Waals surface area contributed by atoms with Gasteiger partial charge >= 0.3 is 0 Å². The predicted molar refractivity (Wildman–Crippen MR) is 51.9 cm³/mol. The first-order valence-corrected chi connectivity index (χ1v) is 2.92. The van der Waals surface area contributed by atoms with Crippen LogP contribution in [0.1, 0.15) is 0 Å². The fourth-order valence-electron chi connectivity index (χ4n) is 0.886. The minimum absolute atomic E-state index is 0.